The van der Waals surface area contributed by atoms with Crippen LogP contribution in [0.5, 0.6) is 5.75 Å². The van der Waals surface area contributed by atoms with Gasteiger partial charge in [0, 0.05) is 6.04 Å². The highest BCUT2D eigenvalue weighted by molar-refractivity contribution is 5.97. The molecule has 0 aliphatic carbocycles. The van der Waals surface area contributed by atoms with E-state index in [0.29, 0.717) is 6.04 Å². The molecule has 2 N–H and O–H groups in total. The fourth-order valence-corrected chi connectivity index (χ4v) is 2.09. The van der Waals surface area contributed by atoms with Crippen molar-refractivity contribution in [3.8, 4) is 5.75 Å². The van der Waals surface area contributed by atoms with Crippen molar-refractivity contribution in [1.82, 2.24) is 5.32 Å². The summed E-state index contributed by atoms with van der Waals surface area (Å²) in [5.41, 5.74) is 2.01. The monoisotopic (exact) mass is 262 g/mol. The molecule has 0 aromatic heterocycles. The average molecular weight is 262 g/mol. The SMILES string of the molecule is CC(C)NCCCc1ccc2c(c1)NC(=O)C(C)O2. The van der Waals surface area contributed by atoms with Crippen molar-refractivity contribution >= 4 is 11.6 Å². The van der Waals surface area contributed by atoms with Crippen LogP contribution in [0, 0.1) is 0 Å². The first-order valence-corrected chi connectivity index (χ1v) is 6.90. The van der Waals surface area contributed by atoms with Gasteiger partial charge in [0.25, 0.3) is 5.91 Å². The van der Waals surface area contributed by atoms with Crippen LogP contribution in [0.4, 0.5) is 5.69 Å². The molecule has 0 radical (unpaired) electrons. The second kappa shape index (κ2) is 6.06. The fraction of sp³-hybridized carbons (Fsp3) is 0.533. The molecule has 0 spiro atoms. The van der Waals surface area contributed by atoms with E-state index >= 15 is 0 Å². The molecule has 4 heteroatoms. The molecule has 0 fully saturated rings. The van der Waals surface area contributed by atoms with Crippen LogP contribution < -0.4 is 15.4 Å². The molecule has 0 saturated carbocycles. The second-order valence-electron chi connectivity index (χ2n) is 5.29. The van der Waals surface area contributed by atoms with Crippen LogP contribution in [0.1, 0.15) is 32.8 Å². The Kier molecular flexibility index (Phi) is 4.43. The van der Waals surface area contributed by atoms with Crippen LogP contribution >= 0.6 is 0 Å². The van der Waals surface area contributed by atoms with Crippen molar-refractivity contribution < 1.29 is 9.53 Å². The van der Waals surface area contributed by atoms with Crippen LogP contribution in [0.3, 0.4) is 0 Å². The summed E-state index contributed by atoms with van der Waals surface area (Å²) >= 11 is 0. The van der Waals surface area contributed by atoms with Crippen molar-refractivity contribution in [3.05, 3.63) is 23.8 Å². The van der Waals surface area contributed by atoms with Gasteiger partial charge in [-0.1, -0.05) is 19.9 Å². The molecule has 104 valence electrons. The minimum Gasteiger partial charge on any atom is -0.479 e. The highest BCUT2D eigenvalue weighted by Crippen LogP contribution is 2.30. The number of anilines is 1. The first-order chi connectivity index (χ1) is 9.06. The largest absolute Gasteiger partial charge is 0.479 e. The van der Waals surface area contributed by atoms with Gasteiger partial charge in [-0.3, -0.25) is 4.79 Å². The lowest BCUT2D eigenvalue weighted by molar-refractivity contribution is -0.122. The van der Waals surface area contributed by atoms with Gasteiger partial charge in [0.2, 0.25) is 0 Å². The normalized spacial score (nSPS) is 17.9. The number of carbonyl (C=O) groups is 1. The van der Waals surface area contributed by atoms with Gasteiger partial charge in [0.05, 0.1) is 5.69 Å². The molecular formula is C15H22N2O2. The predicted octanol–water partition coefficient (Wildman–Crippen LogP) is 2.34. The molecule has 1 amide bonds. The van der Waals surface area contributed by atoms with Gasteiger partial charge in [-0.2, -0.15) is 0 Å². The first kappa shape index (κ1) is 13.9. The Bertz CT molecular complexity index is 457. The predicted molar refractivity (Wildman–Crippen MR) is 76.6 cm³/mol. The lowest BCUT2D eigenvalue weighted by Crippen LogP contribution is -2.34. The van der Waals surface area contributed by atoms with E-state index in [2.05, 4.69) is 30.5 Å². The number of ether oxygens (including phenoxy) is 1. The molecule has 1 heterocycles. The number of fused-ring (bicyclic) bond motifs is 1. The van der Waals surface area contributed by atoms with E-state index in [1.807, 2.05) is 12.1 Å². The third kappa shape index (κ3) is 3.70. The Morgan fingerprint density at radius 2 is 2.21 bits per heavy atom. The summed E-state index contributed by atoms with van der Waals surface area (Å²) in [5.74, 6) is 0.683. The zero-order valence-electron chi connectivity index (χ0n) is 11.8. The molecule has 0 saturated heterocycles. The maximum absolute atomic E-state index is 11.6. The molecule has 1 atom stereocenters. The van der Waals surface area contributed by atoms with E-state index in [9.17, 15) is 4.79 Å². The average Bonchev–Trinajstić information content (AvgIpc) is 2.36. The Labute approximate surface area is 114 Å². The summed E-state index contributed by atoms with van der Waals surface area (Å²) in [6.45, 7) is 7.05. The van der Waals surface area contributed by atoms with Crippen LogP contribution in [0.15, 0.2) is 18.2 Å². The Hall–Kier alpha value is -1.55. The molecule has 2 rings (SSSR count). The number of benzene rings is 1. The van der Waals surface area contributed by atoms with Gasteiger partial charge in [-0.25, -0.2) is 0 Å². The minimum atomic E-state index is -0.409. The number of hydrogen-bond acceptors (Lipinski definition) is 3. The van der Waals surface area contributed by atoms with Gasteiger partial charge in [0.1, 0.15) is 5.75 Å². The number of amides is 1. The Morgan fingerprint density at radius 3 is 2.95 bits per heavy atom. The van der Waals surface area contributed by atoms with Gasteiger partial charge in [-0.15, -0.1) is 0 Å². The van der Waals surface area contributed by atoms with Crippen LogP contribution in [-0.4, -0.2) is 24.6 Å². The van der Waals surface area contributed by atoms with E-state index in [1.54, 1.807) is 6.92 Å². The summed E-state index contributed by atoms with van der Waals surface area (Å²) in [7, 11) is 0. The lowest BCUT2D eigenvalue weighted by atomic mass is 10.1. The maximum atomic E-state index is 11.6. The van der Waals surface area contributed by atoms with Crippen molar-refractivity contribution in [2.75, 3.05) is 11.9 Å². The van der Waals surface area contributed by atoms with E-state index in [0.717, 1.165) is 30.8 Å². The Morgan fingerprint density at radius 1 is 1.42 bits per heavy atom. The van der Waals surface area contributed by atoms with Gasteiger partial charge in [-0.05, 0) is 44.0 Å². The zero-order chi connectivity index (χ0) is 13.8. The minimum absolute atomic E-state index is 0.0777. The lowest BCUT2D eigenvalue weighted by Gasteiger charge is -2.23. The molecule has 19 heavy (non-hydrogen) atoms. The van der Waals surface area contributed by atoms with Crippen LogP contribution in [-0.2, 0) is 11.2 Å². The molecule has 1 aromatic rings. The molecule has 1 aliphatic heterocycles. The molecule has 0 bridgehead atoms. The van der Waals surface area contributed by atoms with Crippen molar-refractivity contribution in [2.45, 2.75) is 45.8 Å². The van der Waals surface area contributed by atoms with E-state index in [4.69, 9.17) is 4.74 Å². The fourth-order valence-electron chi connectivity index (χ4n) is 2.09. The summed E-state index contributed by atoms with van der Waals surface area (Å²) < 4.78 is 5.53. The van der Waals surface area contributed by atoms with E-state index in [1.165, 1.54) is 5.56 Å². The number of nitrogens with one attached hydrogen (secondary N) is 2. The van der Waals surface area contributed by atoms with Crippen LogP contribution in [0.2, 0.25) is 0 Å². The van der Waals surface area contributed by atoms with Crippen molar-refractivity contribution in [1.29, 1.82) is 0 Å². The second-order valence-corrected chi connectivity index (χ2v) is 5.29. The van der Waals surface area contributed by atoms with E-state index < -0.39 is 6.10 Å². The smallest absolute Gasteiger partial charge is 0.265 e. The van der Waals surface area contributed by atoms with Gasteiger partial charge in [0.15, 0.2) is 6.10 Å². The van der Waals surface area contributed by atoms with Gasteiger partial charge >= 0.3 is 0 Å². The molecular weight excluding hydrogens is 240 g/mol. The standard InChI is InChI=1S/C15H22N2O2/c1-10(2)16-8-4-5-12-6-7-14-13(9-12)17-15(18)11(3)19-14/h6-7,9-11,16H,4-5,8H2,1-3H3,(H,17,18). The van der Waals surface area contributed by atoms with Gasteiger partial charge < -0.3 is 15.4 Å². The number of aryl methyl sites for hydroxylation is 1. The zero-order valence-corrected chi connectivity index (χ0v) is 11.8. The molecule has 1 aliphatic rings. The summed E-state index contributed by atoms with van der Waals surface area (Å²) in [5, 5.41) is 6.28. The highest BCUT2D eigenvalue weighted by Gasteiger charge is 2.23. The van der Waals surface area contributed by atoms with Crippen molar-refractivity contribution in [3.63, 3.8) is 0 Å². The first-order valence-electron chi connectivity index (χ1n) is 6.90. The number of hydrogen-bond donors (Lipinski definition) is 2. The van der Waals surface area contributed by atoms with Crippen molar-refractivity contribution in [2.24, 2.45) is 0 Å². The van der Waals surface area contributed by atoms with E-state index in [-0.39, 0.29) is 5.91 Å². The summed E-state index contributed by atoms with van der Waals surface area (Å²) in [6.07, 6.45) is 1.68. The number of carbonyl (C=O) groups excluding carboxylic acids is 1. The molecule has 1 aromatic carbocycles. The highest BCUT2D eigenvalue weighted by atomic mass is 16.5. The quantitative estimate of drug-likeness (QED) is 0.801. The Balaban J connectivity index is 1.94. The van der Waals surface area contributed by atoms with Crippen LogP contribution in [0.25, 0.3) is 0 Å². The maximum Gasteiger partial charge on any atom is 0.265 e. The molecule has 4 nitrogen and oxygen atoms in total. The summed E-state index contributed by atoms with van der Waals surface area (Å²) in [4.78, 5) is 11.6. The third-order valence-electron chi connectivity index (χ3n) is 3.17. The number of rotatable bonds is 5. The molecule has 1 unspecified atom stereocenters. The topological polar surface area (TPSA) is 50.4 Å². The summed E-state index contributed by atoms with van der Waals surface area (Å²) in [6, 6.07) is 6.54. The third-order valence-corrected chi connectivity index (χ3v) is 3.17.